The molecule has 0 fully saturated rings. The highest BCUT2D eigenvalue weighted by molar-refractivity contribution is 7.98. The van der Waals surface area contributed by atoms with E-state index in [1.165, 1.54) is 0 Å². The van der Waals surface area contributed by atoms with Gasteiger partial charge in [0.25, 0.3) is 0 Å². The topological polar surface area (TPSA) is 57.4 Å². The number of benzene rings is 2. The average Bonchev–Trinajstić information content (AvgIpc) is 3.18. The summed E-state index contributed by atoms with van der Waals surface area (Å²) in [5.41, 5.74) is 5.93. The van der Waals surface area contributed by atoms with Crippen molar-refractivity contribution >= 4 is 34.4 Å². The Morgan fingerprint density at radius 3 is 2.54 bits per heavy atom. The molecule has 0 bridgehead atoms. The number of hydrogen-bond donors (Lipinski definition) is 2. The fourth-order valence-electron chi connectivity index (χ4n) is 2.76. The van der Waals surface area contributed by atoms with Crippen molar-refractivity contribution in [3.63, 3.8) is 0 Å². The molecule has 6 heteroatoms. The van der Waals surface area contributed by atoms with Crippen LogP contribution in [0.25, 0.3) is 33.7 Å². The minimum atomic E-state index is 0.716. The van der Waals surface area contributed by atoms with Gasteiger partial charge in [-0.3, -0.25) is 0 Å². The number of nitrogens with zero attached hydrogens (tertiary/aromatic N) is 2. The first-order chi connectivity index (χ1) is 11.7. The van der Waals surface area contributed by atoms with E-state index < -0.39 is 0 Å². The number of halogens is 1. The molecule has 0 amide bonds. The van der Waals surface area contributed by atoms with Crippen molar-refractivity contribution in [1.29, 1.82) is 0 Å². The molecule has 2 aromatic heterocycles. The molecule has 0 aliphatic carbocycles. The summed E-state index contributed by atoms with van der Waals surface area (Å²) < 4.78 is 0. The second-order valence-corrected chi connectivity index (χ2v) is 6.75. The van der Waals surface area contributed by atoms with Gasteiger partial charge in [0, 0.05) is 21.8 Å². The van der Waals surface area contributed by atoms with Crippen LogP contribution in [0.15, 0.2) is 47.6 Å². The van der Waals surface area contributed by atoms with Gasteiger partial charge in [0.05, 0.1) is 16.7 Å². The lowest BCUT2D eigenvalue weighted by Gasteiger charge is -1.99. The molecule has 2 N–H and O–H groups in total. The third-order valence-electron chi connectivity index (χ3n) is 3.94. The summed E-state index contributed by atoms with van der Waals surface area (Å²) in [6, 6.07) is 13.8. The second kappa shape index (κ2) is 6.00. The highest BCUT2D eigenvalue weighted by atomic mass is 35.5. The van der Waals surface area contributed by atoms with Gasteiger partial charge in [0.1, 0.15) is 5.82 Å². The van der Waals surface area contributed by atoms with Crippen LogP contribution in [0.5, 0.6) is 0 Å². The van der Waals surface area contributed by atoms with Crippen LogP contribution in [-0.2, 0) is 0 Å². The van der Waals surface area contributed by atoms with Crippen LogP contribution in [0.2, 0.25) is 5.02 Å². The summed E-state index contributed by atoms with van der Waals surface area (Å²) in [6.07, 6.45) is 2.01. The Morgan fingerprint density at radius 2 is 1.79 bits per heavy atom. The van der Waals surface area contributed by atoms with E-state index in [2.05, 4.69) is 21.0 Å². The van der Waals surface area contributed by atoms with Crippen LogP contribution >= 0.6 is 23.4 Å². The van der Waals surface area contributed by atoms with Gasteiger partial charge in [0.15, 0.2) is 5.16 Å². The highest BCUT2D eigenvalue weighted by Gasteiger charge is 2.15. The summed E-state index contributed by atoms with van der Waals surface area (Å²) in [6.45, 7) is 2.03. The van der Waals surface area contributed by atoms with Gasteiger partial charge < -0.3 is 9.97 Å². The molecule has 0 atom stereocenters. The molecule has 4 rings (SSSR count). The fourth-order valence-corrected chi connectivity index (χ4v) is 3.28. The van der Waals surface area contributed by atoms with Gasteiger partial charge in [-0.2, -0.15) is 0 Å². The zero-order valence-electron chi connectivity index (χ0n) is 13.2. The van der Waals surface area contributed by atoms with Gasteiger partial charge in [0.2, 0.25) is 0 Å². The molecular weight excluding hydrogens is 340 g/mol. The van der Waals surface area contributed by atoms with E-state index in [0.717, 1.165) is 44.5 Å². The van der Waals surface area contributed by atoms with Crippen molar-refractivity contribution in [2.24, 2.45) is 0 Å². The standard InChI is InChI=1S/C18H15ClN4S/c1-10-15(22-17(20-10)11-6-8-12(19)9-7-11)13-4-3-5-14-16(13)23-18(21-14)24-2/h3-9H,1-2H3,(H,20,22)(H,21,23). The van der Waals surface area contributed by atoms with E-state index in [9.17, 15) is 0 Å². The maximum atomic E-state index is 5.97. The molecule has 0 saturated heterocycles. The number of para-hydroxylation sites is 1. The first-order valence-electron chi connectivity index (χ1n) is 7.51. The summed E-state index contributed by atoms with van der Waals surface area (Å²) >= 11 is 7.57. The van der Waals surface area contributed by atoms with Gasteiger partial charge in [-0.1, -0.05) is 35.5 Å². The molecular formula is C18H15ClN4S. The van der Waals surface area contributed by atoms with Crippen molar-refractivity contribution in [2.75, 3.05) is 6.26 Å². The van der Waals surface area contributed by atoms with Gasteiger partial charge in [-0.15, -0.1) is 0 Å². The van der Waals surface area contributed by atoms with Crippen molar-refractivity contribution < 1.29 is 0 Å². The van der Waals surface area contributed by atoms with Crippen LogP contribution in [0.1, 0.15) is 5.69 Å². The number of aromatic nitrogens is 4. The molecule has 4 aromatic rings. The van der Waals surface area contributed by atoms with E-state index in [1.54, 1.807) is 11.8 Å². The van der Waals surface area contributed by atoms with Gasteiger partial charge >= 0.3 is 0 Å². The van der Waals surface area contributed by atoms with Crippen LogP contribution in [0.3, 0.4) is 0 Å². The number of aryl methyl sites for hydroxylation is 1. The number of rotatable bonds is 3. The predicted molar refractivity (Wildman–Crippen MR) is 101 cm³/mol. The molecule has 120 valence electrons. The molecule has 0 unspecified atom stereocenters. The van der Waals surface area contributed by atoms with Crippen LogP contribution < -0.4 is 0 Å². The predicted octanol–water partition coefficient (Wildman–Crippen LogP) is 5.30. The molecule has 0 spiro atoms. The number of nitrogens with one attached hydrogen (secondary N) is 2. The Labute approximate surface area is 148 Å². The Morgan fingerprint density at radius 1 is 1.00 bits per heavy atom. The normalized spacial score (nSPS) is 11.3. The minimum absolute atomic E-state index is 0.716. The molecule has 0 aliphatic rings. The third kappa shape index (κ3) is 2.60. The SMILES string of the molecule is CSc1nc2c(-c3nc(-c4ccc(Cl)cc4)[nH]c3C)cccc2[nH]1. The fraction of sp³-hybridized carbons (Fsp3) is 0.111. The number of aromatic amines is 2. The summed E-state index contributed by atoms with van der Waals surface area (Å²) in [4.78, 5) is 16.2. The van der Waals surface area contributed by atoms with Crippen LogP contribution in [-0.4, -0.2) is 26.2 Å². The maximum absolute atomic E-state index is 5.97. The Hall–Kier alpha value is -2.24. The van der Waals surface area contributed by atoms with Crippen molar-refractivity contribution in [3.8, 4) is 22.6 Å². The highest BCUT2D eigenvalue weighted by Crippen LogP contribution is 2.31. The summed E-state index contributed by atoms with van der Waals surface area (Å²) in [5.74, 6) is 0.830. The first kappa shape index (κ1) is 15.3. The number of H-pyrrole nitrogens is 2. The Balaban J connectivity index is 1.85. The Bertz CT molecular complexity index is 1020. The van der Waals surface area contributed by atoms with E-state index in [-0.39, 0.29) is 0 Å². The zero-order chi connectivity index (χ0) is 16.7. The smallest absolute Gasteiger partial charge is 0.166 e. The Kier molecular flexibility index (Phi) is 3.82. The quantitative estimate of drug-likeness (QED) is 0.490. The van der Waals surface area contributed by atoms with Crippen LogP contribution in [0, 0.1) is 6.92 Å². The average molecular weight is 355 g/mol. The van der Waals surface area contributed by atoms with Crippen molar-refractivity contribution in [3.05, 3.63) is 53.2 Å². The van der Waals surface area contributed by atoms with Crippen LogP contribution in [0.4, 0.5) is 0 Å². The number of thioether (sulfide) groups is 1. The lowest BCUT2D eigenvalue weighted by atomic mass is 10.1. The van der Waals surface area contributed by atoms with E-state index in [0.29, 0.717) is 5.02 Å². The largest absolute Gasteiger partial charge is 0.342 e. The lowest BCUT2D eigenvalue weighted by molar-refractivity contribution is 1.09. The van der Waals surface area contributed by atoms with Gasteiger partial charge in [-0.25, -0.2) is 9.97 Å². The number of fused-ring (bicyclic) bond motifs is 1. The van der Waals surface area contributed by atoms with E-state index in [4.69, 9.17) is 16.6 Å². The van der Waals surface area contributed by atoms with Crippen molar-refractivity contribution in [2.45, 2.75) is 12.1 Å². The monoisotopic (exact) mass is 354 g/mol. The van der Waals surface area contributed by atoms with E-state index >= 15 is 0 Å². The molecule has 4 nitrogen and oxygen atoms in total. The lowest BCUT2D eigenvalue weighted by Crippen LogP contribution is -1.84. The molecule has 2 heterocycles. The molecule has 0 radical (unpaired) electrons. The number of imidazole rings is 2. The van der Waals surface area contributed by atoms with Crippen molar-refractivity contribution in [1.82, 2.24) is 19.9 Å². The number of hydrogen-bond acceptors (Lipinski definition) is 3. The second-order valence-electron chi connectivity index (χ2n) is 5.51. The molecule has 0 saturated carbocycles. The molecule has 24 heavy (non-hydrogen) atoms. The molecule has 0 aliphatic heterocycles. The minimum Gasteiger partial charge on any atom is -0.342 e. The summed E-state index contributed by atoms with van der Waals surface area (Å²) in [7, 11) is 0. The maximum Gasteiger partial charge on any atom is 0.166 e. The summed E-state index contributed by atoms with van der Waals surface area (Å²) in [5, 5.41) is 1.62. The van der Waals surface area contributed by atoms with E-state index in [1.807, 2.05) is 49.6 Å². The van der Waals surface area contributed by atoms with Gasteiger partial charge in [-0.05, 0) is 43.5 Å². The molecule has 2 aromatic carbocycles. The third-order valence-corrected chi connectivity index (χ3v) is 4.77. The first-order valence-corrected chi connectivity index (χ1v) is 9.11. The zero-order valence-corrected chi connectivity index (χ0v) is 14.8.